The zero-order valence-electron chi connectivity index (χ0n) is 12.3. The molecule has 2 unspecified atom stereocenters. The normalized spacial score (nSPS) is 23.2. The number of hydrogen-bond donors (Lipinski definition) is 1. The lowest BCUT2D eigenvalue weighted by Crippen LogP contribution is -2.27. The molecule has 0 spiro atoms. The molecule has 1 aromatic heterocycles. The molecule has 1 aromatic rings. The molecular weight excluding hydrogens is 341 g/mol. The first kappa shape index (κ1) is 18.2. The minimum atomic E-state index is -4.60. The molecule has 0 amide bonds. The number of methoxy groups -OCH3 is 1. The third kappa shape index (κ3) is 4.90. The predicted molar refractivity (Wildman–Crippen MR) is 72.1 cm³/mol. The van der Waals surface area contributed by atoms with Crippen molar-refractivity contribution < 1.29 is 35.6 Å². The summed E-state index contributed by atoms with van der Waals surface area (Å²) in [7, 11) is -2.83. The van der Waals surface area contributed by atoms with E-state index >= 15 is 0 Å². The molecule has 1 aliphatic rings. The van der Waals surface area contributed by atoms with Crippen LogP contribution in [0.3, 0.4) is 0 Å². The van der Waals surface area contributed by atoms with Gasteiger partial charge in [0.25, 0.3) is 10.1 Å². The summed E-state index contributed by atoms with van der Waals surface area (Å²) in [5, 5.41) is 3.47. The second kappa shape index (κ2) is 6.75. The Hall–Kier alpha value is -1.17. The number of rotatable bonds is 5. The lowest BCUT2D eigenvalue weighted by Gasteiger charge is -2.29. The second-order valence-corrected chi connectivity index (χ2v) is 6.87. The number of halogens is 3. The van der Waals surface area contributed by atoms with Gasteiger partial charge in [0.15, 0.2) is 5.69 Å². The SMILES string of the molecule is COCn1nc(C(F)(F)F)cc1C1CC(CS(=O)(=O)O)CCO1. The van der Waals surface area contributed by atoms with E-state index in [-0.39, 0.29) is 25.5 Å². The largest absolute Gasteiger partial charge is 0.435 e. The van der Waals surface area contributed by atoms with E-state index in [1.807, 2.05) is 0 Å². The Balaban J connectivity index is 2.24. The lowest BCUT2D eigenvalue weighted by atomic mass is 9.95. The fourth-order valence-electron chi connectivity index (χ4n) is 2.58. The van der Waals surface area contributed by atoms with Crippen molar-refractivity contribution in [2.24, 2.45) is 5.92 Å². The van der Waals surface area contributed by atoms with Crippen LogP contribution in [0, 0.1) is 5.92 Å². The van der Waals surface area contributed by atoms with Crippen LogP contribution in [0.4, 0.5) is 13.2 Å². The van der Waals surface area contributed by atoms with Gasteiger partial charge in [-0.1, -0.05) is 0 Å². The van der Waals surface area contributed by atoms with Gasteiger partial charge in [0, 0.05) is 13.7 Å². The van der Waals surface area contributed by atoms with E-state index in [1.54, 1.807) is 0 Å². The number of alkyl halides is 3. The Bertz CT molecular complexity index is 644. The third-order valence-electron chi connectivity index (χ3n) is 3.52. The molecule has 2 heterocycles. The Kier molecular flexibility index (Phi) is 5.33. The maximum atomic E-state index is 12.8. The Morgan fingerprint density at radius 2 is 2.22 bits per heavy atom. The molecule has 0 aromatic carbocycles. The molecule has 0 aliphatic carbocycles. The van der Waals surface area contributed by atoms with Crippen molar-refractivity contribution in [3.8, 4) is 0 Å². The van der Waals surface area contributed by atoms with Crippen molar-refractivity contribution in [1.82, 2.24) is 9.78 Å². The van der Waals surface area contributed by atoms with Crippen molar-refractivity contribution in [3.63, 3.8) is 0 Å². The molecule has 11 heteroatoms. The summed E-state index contributed by atoms with van der Waals surface area (Å²) in [6, 6.07) is 0.875. The Morgan fingerprint density at radius 3 is 2.78 bits per heavy atom. The topological polar surface area (TPSA) is 90.7 Å². The highest BCUT2D eigenvalue weighted by atomic mass is 32.2. The zero-order chi connectivity index (χ0) is 17.3. The van der Waals surface area contributed by atoms with Gasteiger partial charge in [-0.2, -0.15) is 26.7 Å². The van der Waals surface area contributed by atoms with Gasteiger partial charge in [0.2, 0.25) is 0 Å². The van der Waals surface area contributed by atoms with Crippen LogP contribution in [-0.4, -0.2) is 42.2 Å². The number of nitrogens with zero attached hydrogens (tertiary/aromatic N) is 2. The molecule has 7 nitrogen and oxygen atoms in total. The van der Waals surface area contributed by atoms with Crippen molar-refractivity contribution >= 4 is 10.1 Å². The van der Waals surface area contributed by atoms with Crippen molar-refractivity contribution in [2.45, 2.75) is 31.9 Å². The molecule has 1 saturated heterocycles. The molecule has 0 radical (unpaired) electrons. The van der Waals surface area contributed by atoms with E-state index in [0.29, 0.717) is 6.42 Å². The molecule has 0 saturated carbocycles. The number of ether oxygens (including phenoxy) is 2. The molecule has 2 rings (SSSR count). The third-order valence-corrected chi connectivity index (χ3v) is 4.41. The van der Waals surface area contributed by atoms with Crippen LogP contribution in [0.25, 0.3) is 0 Å². The van der Waals surface area contributed by atoms with Gasteiger partial charge in [-0.15, -0.1) is 0 Å². The summed E-state index contributed by atoms with van der Waals surface area (Å²) in [5.41, 5.74) is -0.899. The number of aromatic nitrogens is 2. The summed E-state index contributed by atoms with van der Waals surface area (Å²) in [5.74, 6) is -0.846. The molecule has 0 bridgehead atoms. The number of hydrogen-bond acceptors (Lipinski definition) is 5. The fourth-order valence-corrected chi connectivity index (χ4v) is 3.47. The standard InChI is InChI=1S/C12H17F3N2O5S/c1-21-7-17-9(5-11(16-17)12(13,14)15)10-4-8(2-3-22-10)6-23(18,19)20/h5,8,10H,2-4,6-7H2,1H3,(H,18,19,20). The van der Waals surface area contributed by atoms with Crippen LogP contribution in [0.1, 0.15) is 30.3 Å². The fraction of sp³-hybridized carbons (Fsp3) is 0.750. The van der Waals surface area contributed by atoms with Crippen LogP contribution in [-0.2, 0) is 32.5 Å². The van der Waals surface area contributed by atoms with E-state index in [2.05, 4.69) is 5.10 Å². The highest BCUT2D eigenvalue weighted by molar-refractivity contribution is 7.85. The zero-order valence-corrected chi connectivity index (χ0v) is 13.1. The van der Waals surface area contributed by atoms with E-state index in [1.165, 1.54) is 7.11 Å². The highest BCUT2D eigenvalue weighted by Crippen LogP contribution is 2.36. The minimum absolute atomic E-state index is 0.166. The first-order valence-electron chi connectivity index (χ1n) is 6.81. The molecule has 2 atom stereocenters. The molecule has 132 valence electrons. The monoisotopic (exact) mass is 358 g/mol. The quantitative estimate of drug-likeness (QED) is 0.808. The average Bonchev–Trinajstić information content (AvgIpc) is 2.81. The first-order chi connectivity index (χ1) is 10.6. The van der Waals surface area contributed by atoms with Crippen LogP contribution in [0.15, 0.2) is 6.07 Å². The van der Waals surface area contributed by atoms with Crippen molar-refractivity contribution in [1.29, 1.82) is 0 Å². The van der Waals surface area contributed by atoms with Crippen LogP contribution >= 0.6 is 0 Å². The van der Waals surface area contributed by atoms with Gasteiger partial charge < -0.3 is 9.47 Å². The second-order valence-electron chi connectivity index (χ2n) is 5.37. The van der Waals surface area contributed by atoms with Crippen LogP contribution < -0.4 is 0 Å². The van der Waals surface area contributed by atoms with Gasteiger partial charge in [-0.05, 0) is 24.8 Å². The van der Waals surface area contributed by atoms with E-state index in [0.717, 1.165) is 10.7 Å². The molecule has 1 fully saturated rings. The van der Waals surface area contributed by atoms with Crippen LogP contribution in [0.5, 0.6) is 0 Å². The van der Waals surface area contributed by atoms with E-state index in [9.17, 15) is 21.6 Å². The molecular formula is C12H17F3N2O5S. The molecule has 23 heavy (non-hydrogen) atoms. The van der Waals surface area contributed by atoms with Gasteiger partial charge in [0.1, 0.15) is 6.73 Å². The Labute approximate surface area is 131 Å². The molecule has 1 N–H and O–H groups in total. The maximum Gasteiger partial charge on any atom is 0.435 e. The highest BCUT2D eigenvalue weighted by Gasteiger charge is 2.37. The summed E-state index contributed by atoms with van der Waals surface area (Å²) < 4.78 is 80.7. The van der Waals surface area contributed by atoms with Crippen LogP contribution in [0.2, 0.25) is 0 Å². The first-order valence-corrected chi connectivity index (χ1v) is 8.41. The Morgan fingerprint density at radius 1 is 1.52 bits per heavy atom. The van der Waals surface area contributed by atoms with Crippen molar-refractivity contribution in [2.75, 3.05) is 19.5 Å². The summed E-state index contributed by atoms with van der Waals surface area (Å²) in [6.45, 7) is -0.00138. The summed E-state index contributed by atoms with van der Waals surface area (Å²) >= 11 is 0. The van der Waals surface area contributed by atoms with Gasteiger partial charge in [-0.25, -0.2) is 4.68 Å². The van der Waals surface area contributed by atoms with Gasteiger partial charge >= 0.3 is 6.18 Å². The molecule has 1 aliphatic heterocycles. The lowest BCUT2D eigenvalue weighted by molar-refractivity contribution is -0.141. The average molecular weight is 358 g/mol. The van der Waals surface area contributed by atoms with Gasteiger partial charge in [0.05, 0.1) is 17.6 Å². The maximum absolute atomic E-state index is 12.8. The minimum Gasteiger partial charge on any atom is -0.372 e. The van der Waals surface area contributed by atoms with Crippen molar-refractivity contribution in [3.05, 3.63) is 17.5 Å². The summed E-state index contributed by atoms with van der Waals surface area (Å²) in [6.07, 6.45) is -4.77. The summed E-state index contributed by atoms with van der Waals surface area (Å²) in [4.78, 5) is 0. The van der Waals surface area contributed by atoms with Gasteiger partial charge in [-0.3, -0.25) is 4.55 Å². The predicted octanol–water partition coefficient (Wildman–Crippen LogP) is 1.86. The smallest absolute Gasteiger partial charge is 0.372 e. The van der Waals surface area contributed by atoms with E-state index < -0.39 is 39.8 Å². The van der Waals surface area contributed by atoms with E-state index in [4.69, 9.17) is 14.0 Å².